The summed E-state index contributed by atoms with van der Waals surface area (Å²) >= 11 is 0. The van der Waals surface area contributed by atoms with Crippen LogP contribution in [0.1, 0.15) is 45.1 Å². The Bertz CT molecular complexity index is 476. The maximum absolute atomic E-state index is 11.6. The minimum atomic E-state index is -0.324. The average molecular weight is 267 g/mol. The number of aromatic nitrogens is 2. The number of nitrogens with one attached hydrogen (secondary N) is 2. The Kier molecular flexibility index (Phi) is 7.18. The molecule has 0 fully saturated rings. The highest BCUT2D eigenvalue weighted by Gasteiger charge is 2.02. The molecule has 1 rings (SSSR count). The monoisotopic (exact) mass is 267 g/mol. The standard InChI is InChI=1S/C14H25N3O2/c1-3-5-6-7-8-15-9-10-17-11-12(4-2)13(18)16-14(17)19/h11,15H,3-10H2,1-2H3,(H,16,18,19). The van der Waals surface area contributed by atoms with Crippen molar-refractivity contribution in [2.45, 2.75) is 52.5 Å². The van der Waals surface area contributed by atoms with E-state index in [9.17, 15) is 9.59 Å². The molecule has 0 amide bonds. The van der Waals surface area contributed by atoms with Crippen molar-refractivity contribution >= 4 is 0 Å². The lowest BCUT2D eigenvalue weighted by Gasteiger charge is -2.08. The molecular formula is C14H25N3O2. The molecule has 0 aliphatic carbocycles. The molecule has 0 bridgehead atoms. The first-order valence-corrected chi connectivity index (χ1v) is 7.22. The van der Waals surface area contributed by atoms with Gasteiger partial charge < -0.3 is 5.32 Å². The molecule has 0 saturated carbocycles. The Morgan fingerprint density at radius 3 is 2.63 bits per heavy atom. The van der Waals surface area contributed by atoms with Crippen LogP contribution in [0.15, 0.2) is 15.8 Å². The van der Waals surface area contributed by atoms with E-state index in [1.807, 2.05) is 6.92 Å². The molecule has 0 radical (unpaired) electrons. The van der Waals surface area contributed by atoms with Gasteiger partial charge in [-0.1, -0.05) is 33.1 Å². The summed E-state index contributed by atoms with van der Waals surface area (Å²) in [6, 6.07) is 0. The van der Waals surface area contributed by atoms with Crippen LogP contribution in [0.25, 0.3) is 0 Å². The second kappa shape index (κ2) is 8.69. The van der Waals surface area contributed by atoms with Crippen molar-refractivity contribution in [2.24, 2.45) is 0 Å². The van der Waals surface area contributed by atoms with Crippen molar-refractivity contribution in [1.82, 2.24) is 14.9 Å². The highest BCUT2D eigenvalue weighted by molar-refractivity contribution is 5.03. The van der Waals surface area contributed by atoms with Gasteiger partial charge in [-0.3, -0.25) is 14.3 Å². The van der Waals surface area contributed by atoms with Crippen molar-refractivity contribution in [2.75, 3.05) is 13.1 Å². The van der Waals surface area contributed by atoms with Gasteiger partial charge in [0.05, 0.1) is 0 Å². The second-order valence-electron chi connectivity index (χ2n) is 4.77. The average Bonchev–Trinajstić information content (AvgIpc) is 2.40. The second-order valence-corrected chi connectivity index (χ2v) is 4.77. The number of hydrogen-bond donors (Lipinski definition) is 2. The van der Waals surface area contributed by atoms with Crippen molar-refractivity contribution in [3.8, 4) is 0 Å². The highest BCUT2D eigenvalue weighted by Crippen LogP contribution is 1.96. The van der Waals surface area contributed by atoms with Crippen LogP contribution in [-0.4, -0.2) is 22.6 Å². The summed E-state index contributed by atoms with van der Waals surface area (Å²) in [4.78, 5) is 25.4. The van der Waals surface area contributed by atoms with Gasteiger partial charge in [-0.25, -0.2) is 4.79 Å². The molecular weight excluding hydrogens is 242 g/mol. The summed E-state index contributed by atoms with van der Waals surface area (Å²) in [5, 5.41) is 3.32. The molecule has 5 heteroatoms. The van der Waals surface area contributed by atoms with Gasteiger partial charge in [-0.2, -0.15) is 0 Å². The topological polar surface area (TPSA) is 66.9 Å². The molecule has 1 aromatic rings. The van der Waals surface area contributed by atoms with Crippen molar-refractivity contribution < 1.29 is 0 Å². The van der Waals surface area contributed by atoms with Gasteiger partial charge in [0.15, 0.2) is 0 Å². The summed E-state index contributed by atoms with van der Waals surface area (Å²) in [5.74, 6) is 0. The third-order valence-electron chi connectivity index (χ3n) is 3.20. The first kappa shape index (κ1) is 15.7. The van der Waals surface area contributed by atoms with E-state index < -0.39 is 0 Å². The lowest BCUT2D eigenvalue weighted by atomic mass is 10.2. The van der Waals surface area contributed by atoms with Gasteiger partial charge in [0.1, 0.15) is 0 Å². The number of aromatic amines is 1. The number of hydrogen-bond acceptors (Lipinski definition) is 3. The molecule has 1 aromatic heterocycles. The Morgan fingerprint density at radius 2 is 1.95 bits per heavy atom. The highest BCUT2D eigenvalue weighted by atomic mass is 16.2. The van der Waals surface area contributed by atoms with E-state index in [0.717, 1.165) is 13.1 Å². The zero-order valence-corrected chi connectivity index (χ0v) is 12.0. The van der Waals surface area contributed by atoms with Crippen LogP contribution in [-0.2, 0) is 13.0 Å². The molecule has 0 spiro atoms. The van der Waals surface area contributed by atoms with Crippen molar-refractivity contribution in [3.05, 3.63) is 32.6 Å². The largest absolute Gasteiger partial charge is 0.328 e. The quantitative estimate of drug-likeness (QED) is 0.662. The molecule has 1 heterocycles. The van der Waals surface area contributed by atoms with Crippen LogP contribution in [0, 0.1) is 0 Å². The first-order chi connectivity index (χ1) is 9.19. The fraction of sp³-hybridized carbons (Fsp3) is 0.714. The zero-order valence-electron chi connectivity index (χ0n) is 12.0. The Balaban J connectivity index is 2.37. The number of unbranched alkanes of at least 4 members (excludes halogenated alkanes) is 3. The Labute approximate surface area is 114 Å². The lowest BCUT2D eigenvalue weighted by molar-refractivity contribution is 0.546. The van der Waals surface area contributed by atoms with Gasteiger partial charge in [-0.15, -0.1) is 0 Å². The van der Waals surface area contributed by atoms with E-state index in [4.69, 9.17) is 0 Å². The fourth-order valence-electron chi connectivity index (χ4n) is 1.97. The molecule has 0 saturated heterocycles. The summed E-state index contributed by atoms with van der Waals surface area (Å²) < 4.78 is 1.57. The molecule has 108 valence electrons. The minimum Gasteiger partial charge on any atom is -0.315 e. The Hall–Kier alpha value is -1.36. The van der Waals surface area contributed by atoms with E-state index in [0.29, 0.717) is 18.5 Å². The van der Waals surface area contributed by atoms with Crippen LogP contribution < -0.4 is 16.6 Å². The number of nitrogens with zero attached hydrogens (tertiary/aromatic N) is 1. The van der Waals surface area contributed by atoms with Crippen molar-refractivity contribution in [3.63, 3.8) is 0 Å². The smallest absolute Gasteiger partial charge is 0.315 e. The number of H-pyrrole nitrogens is 1. The zero-order chi connectivity index (χ0) is 14.1. The first-order valence-electron chi connectivity index (χ1n) is 7.22. The van der Waals surface area contributed by atoms with E-state index in [-0.39, 0.29) is 11.2 Å². The molecule has 2 N–H and O–H groups in total. The van der Waals surface area contributed by atoms with E-state index in [1.165, 1.54) is 25.7 Å². The third-order valence-corrected chi connectivity index (χ3v) is 3.20. The van der Waals surface area contributed by atoms with Crippen LogP contribution in [0.3, 0.4) is 0 Å². The predicted octanol–water partition coefficient (Wildman–Crippen LogP) is 1.27. The van der Waals surface area contributed by atoms with Crippen LogP contribution in [0.2, 0.25) is 0 Å². The molecule has 0 unspecified atom stereocenters. The molecule has 0 aromatic carbocycles. The van der Waals surface area contributed by atoms with Crippen LogP contribution >= 0.6 is 0 Å². The summed E-state index contributed by atoms with van der Waals surface area (Å²) in [7, 11) is 0. The van der Waals surface area contributed by atoms with Gasteiger partial charge in [0.25, 0.3) is 5.56 Å². The molecule has 0 aliphatic heterocycles. The minimum absolute atomic E-state index is 0.267. The van der Waals surface area contributed by atoms with Crippen LogP contribution in [0.5, 0.6) is 0 Å². The van der Waals surface area contributed by atoms with Crippen LogP contribution in [0.4, 0.5) is 0 Å². The van der Waals surface area contributed by atoms with E-state index in [1.54, 1.807) is 10.8 Å². The van der Waals surface area contributed by atoms with E-state index >= 15 is 0 Å². The summed E-state index contributed by atoms with van der Waals surface area (Å²) in [6.45, 7) is 6.43. The maximum Gasteiger partial charge on any atom is 0.328 e. The summed E-state index contributed by atoms with van der Waals surface area (Å²) in [6.07, 6.45) is 7.25. The van der Waals surface area contributed by atoms with E-state index in [2.05, 4.69) is 17.2 Å². The molecule has 5 nitrogen and oxygen atoms in total. The fourth-order valence-corrected chi connectivity index (χ4v) is 1.97. The third kappa shape index (κ3) is 5.42. The lowest BCUT2D eigenvalue weighted by Crippen LogP contribution is -2.34. The SMILES string of the molecule is CCCCCCNCCn1cc(CC)c(=O)[nH]c1=O. The molecule has 19 heavy (non-hydrogen) atoms. The van der Waals surface area contributed by atoms with Gasteiger partial charge in [-0.05, 0) is 19.4 Å². The number of rotatable bonds is 9. The molecule has 0 atom stereocenters. The van der Waals surface area contributed by atoms with Gasteiger partial charge in [0, 0.05) is 24.8 Å². The summed E-state index contributed by atoms with van der Waals surface area (Å²) in [5.41, 5.74) is 0.0637. The molecule has 0 aliphatic rings. The maximum atomic E-state index is 11.6. The normalized spacial score (nSPS) is 10.8. The van der Waals surface area contributed by atoms with Crippen molar-refractivity contribution in [1.29, 1.82) is 0 Å². The van der Waals surface area contributed by atoms with Gasteiger partial charge >= 0.3 is 5.69 Å². The number of aryl methyl sites for hydroxylation is 1. The predicted molar refractivity (Wildman–Crippen MR) is 77.7 cm³/mol. The van der Waals surface area contributed by atoms with Gasteiger partial charge in [0.2, 0.25) is 0 Å². The Morgan fingerprint density at radius 1 is 1.16 bits per heavy atom.